The number of aliphatic hydroxyl groups excluding tert-OH is 1. The van der Waals surface area contributed by atoms with Crippen LogP contribution < -0.4 is 0 Å². The van der Waals surface area contributed by atoms with E-state index in [9.17, 15) is 52.7 Å². The molecule has 188 valence electrons. The van der Waals surface area contributed by atoms with Crippen LogP contribution in [0.4, 0.5) is 52.7 Å². The van der Waals surface area contributed by atoms with E-state index < -0.39 is 74.2 Å². The van der Waals surface area contributed by atoms with E-state index in [1.807, 2.05) is 0 Å². The summed E-state index contributed by atoms with van der Waals surface area (Å²) in [5.41, 5.74) is 0. The quantitative estimate of drug-likeness (QED) is 0.197. The maximum atomic E-state index is 13.7. The summed E-state index contributed by atoms with van der Waals surface area (Å²) in [6, 6.07) is 0. The Morgan fingerprint density at radius 1 is 0.548 bits per heavy atom. The van der Waals surface area contributed by atoms with Crippen molar-refractivity contribution < 1.29 is 62.5 Å². The average molecular weight is 488 g/mol. The van der Waals surface area contributed by atoms with Gasteiger partial charge in [0.05, 0.1) is 0 Å². The number of unbranched alkanes of at least 4 members (excludes halogenated alkanes) is 2. The molecule has 0 fully saturated rings. The van der Waals surface area contributed by atoms with Crippen LogP contribution in [0, 0.1) is 0 Å². The monoisotopic (exact) mass is 488 g/mol. The van der Waals surface area contributed by atoms with E-state index in [1.165, 1.54) is 0 Å². The molecule has 0 atom stereocenters. The third kappa shape index (κ3) is 6.11. The highest BCUT2D eigenvalue weighted by atomic mass is 19.4. The Labute approximate surface area is 170 Å². The molecule has 0 aromatic heterocycles. The first kappa shape index (κ1) is 30.1. The maximum absolute atomic E-state index is 13.7. The number of hydrogen-bond acceptors (Lipinski definition) is 2. The van der Waals surface area contributed by atoms with Gasteiger partial charge in [-0.25, -0.2) is 0 Å². The molecule has 0 saturated carbocycles. The van der Waals surface area contributed by atoms with Crippen LogP contribution >= 0.6 is 0 Å². The lowest BCUT2D eigenvalue weighted by atomic mass is 9.88. The predicted octanol–water partition coefficient (Wildman–Crippen LogP) is 6.56. The first-order chi connectivity index (χ1) is 13.9. The van der Waals surface area contributed by atoms with Crippen LogP contribution in [0.15, 0.2) is 0 Å². The number of ether oxygens (including phenoxy) is 1. The molecule has 1 N–H and O–H groups in total. The highest BCUT2D eigenvalue weighted by molar-refractivity contribution is 5.11. The minimum atomic E-state index is -7.53. The van der Waals surface area contributed by atoms with Crippen molar-refractivity contribution in [3.63, 3.8) is 0 Å². The Hall–Kier alpha value is -0.920. The van der Waals surface area contributed by atoms with Gasteiger partial charge in [-0.2, -0.15) is 52.7 Å². The van der Waals surface area contributed by atoms with E-state index >= 15 is 0 Å². The molecule has 0 aliphatic heterocycles. The topological polar surface area (TPSA) is 29.5 Å². The predicted molar refractivity (Wildman–Crippen MR) is 85.6 cm³/mol. The highest BCUT2D eigenvalue weighted by Gasteiger charge is 2.89. The third-order valence-electron chi connectivity index (χ3n) is 4.38. The van der Waals surface area contributed by atoms with Gasteiger partial charge in [-0.05, 0) is 32.1 Å². The molecule has 0 aromatic carbocycles. The van der Waals surface area contributed by atoms with Crippen molar-refractivity contribution in [3.8, 4) is 0 Å². The van der Waals surface area contributed by atoms with Gasteiger partial charge in [0.25, 0.3) is 0 Å². The minimum Gasteiger partial charge on any atom is -0.396 e. The van der Waals surface area contributed by atoms with E-state index in [0.717, 1.165) is 0 Å². The summed E-state index contributed by atoms with van der Waals surface area (Å²) in [6.45, 7) is 0.795. The van der Waals surface area contributed by atoms with Gasteiger partial charge in [-0.15, -0.1) is 0 Å². The molecule has 0 bridgehead atoms. The minimum absolute atomic E-state index is 0.179. The molecule has 0 radical (unpaired) electrons. The van der Waals surface area contributed by atoms with Crippen molar-refractivity contribution in [1.29, 1.82) is 0 Å². The number of aliphatic hydroxyl groups is 1. The molecule has 2 nitrogen and oxygen atoms in total. The summed E-state index contributed by atoms with van der Waals surface area (Å²) in [7, 11) is 0. The molecule has 0 aliphatic carbocycles. The molecule has 31 heavy (non-hydrogen) atoms. The van der Waals surface area contributed by atoms with Gasteiger partial charge in [-0.1, -0.05) is 6.92 Å². The summed E-state index contributed by atoms with van der Waals surface area (Å²) in [5.74, 6) is -41.1. The van der Waals surface area contributed by atoms with E-state index in [-0.39, 0.29) is 19.6 Å². The van der Waals surface area contributed by atoms with Crippen LogP contribution in [0.3, 0.4) is 0 Å². The molecular weight excluding hydrogens is 464 g/mol. The van der Waals surface area contributed by atoms with Gasteiger partial charge in [0, 0.05) is 32.7 Å². The Morgan fingerprint density at radius 3 is 1.29 bits per heavy atom. The largest absolute Gasteiger partial charge is 0.396 e. The van der Waals surface area contributed by atoms with Crippen molar-refractivity contribution in [2.24, 2.45) is 0 Å². The standard InChI is InChI=1S/C17H24F12O2/c1-2-10-31-11-6-4-8-13(20,21)15(24,25)17(28,29)16(26,27)14(22,23)12(18,19)7-3-5-9-30/h30H,2-11H2,1H3. The van der Waals surface area contributed by atoms with Crippen molar-refractivity contribution in [2.45, 2.75) is 87.4 Å². The van der Waals surface area contributed by atoms with E-state index in [2.05, 4.69) is 0 Å². The molecule has 0 heterocycles. The summed E-state index contributed by atoms with van der Waals surface area (Å²) in [4.78, 5) is 0. The lowest BCUT2D eigenvalue weighted by molar-refractivity contribution is -0.425. The van der Waals surface area contributed by atoms with Crippen molar-refractivity contribution in [2.75, 3.05) is 19.8 Å². The van der Waals surface area contributed by atoms with Crippen molar-refractivity contribution in [1.82, 2.24) is 0 Å². The van der Waals surface area contributed by atoms with Crippen molar-refractivity contribution >= 4 is 0 Å². The Bertz CT molecular complexity index is 537. The van der Waals surface area contributed by atoms with Crippen LogP contribution in [0.2, 0.25) is 0 Å². The Morgan fingerprint density at radius 2 is 0.935 bits per heavy atom. The first-order valence-electron chi connectivity index (χ1n) is 9.33. The summed E-state index contributed by atoms with van der Waals surface area (Å²) in [6.07, 6.45) is -6.68. The molecular formula is C17H24F12O2. The number of rotatable bonds is 16. The average Bonchev–Trinajstić information content (AvgIpc) is 2.63. The Kier molecular flexibility index (Phi) is 10.5. The van der Waals surface area contributed by atoms with Crippen LogP contribution in [-0.2, 0) is 4.74 Å². The molecule has 14 heteroatoms. The highest BCUT2D eigenvalue weighted by Crippen LogP contribution is 2.61. The third-order valence-corrected chi connectivity index (χ3v) is 4.38. The molecule has 0 saturated heterocycles. The van der Waals surface area contributed by atoms with E-state index in [1.54, 1.807) is 6.92 Å². The molecule has 0 amide bonds. The van der Waals surface area contributed by atoms with Gasteiger partial charge in [0.2, 0.25) is 0 Å². The zero-order chi connectivity index (χ0) is 24.8. The molecule has 0 aliphatic rings. The van der Waals surface area contributed by atoms with Gasteiger partial charge >= 0.3 is 35.5 Å². The van der Waals surface area contributed by atoms with Crippen molar-refractivity contribution in [3.05, 3.63) is 0 Å². The lowest BCUT2D eigenvalue weighted by Crippen LogP contribution is -2.70. The fourth-order valence-corrected chi connectivity index (χ4v) is 2.42. The van der Waals surface area contributed by atoms with E-state index in [0.29, 0.717) is 6.42 Å². The van der Waals surface area contributed by atoms with Gasteiger partial charge in [0.15, 0.2) is 0 Å². The van der Waals surface area contributed by atoms with Crippen LogP contribution in [0.25, 0.3) is 0 Å². The van der Waals surface area contributed by atoms with Gasteiger partial charge < -0.3 is 9.84 Å². The fourth-order valence-electron chi connectivity index (χ4n) is 2.42. The lowest BCUT2D eigenvalue weighted by Gasteiger charge is -2.41. The molecule has 0 aromatic rings. The summed E-state index contributed by atoms with van der Waals surface area (Å²) >= 11 is 0. The number of halogens is 12. The molecule has 0 unspecified atom stereocenters. The zero-order valence-corrected chi connectivity index (χ0v) is 16.5. The summed E-state index contributed by atoms with van der Waals surface area (Å²) < 4.78 is 169. The molecule has 0 rings (SSSR count). The normalized spacial score (nSPS) is 14.9. The van der Waals surface area contributed by atoms with Crippen LogP contribution in [0.5, 0.6) is 0 Å². The maximum Gasteiger partial charge on any atom is 0.384 e. The second-order valence-corrected chi connectivity index (χ2v) is 6.96. The Balaban J connectivity index is 5.64. The number of hydrogen-bond donors (Lipinski definition) is 1. The van der Waals surface area contributed by atoms with E-state index in [4.69, 9.17) is 9.84 Å². The zero-order valence-electron chi connectivity index (χ0n) is 16.5. The second kappa shape index (κ2) is 10.8. The first-order valence-corrected chi connectivity index (χ1v) is 9.33. The second-order valence-electron chi connectivity index (χ2n) is 6.96. The van der Waals surface area contributed by atoms with Crippen LogP contribution in [-0.4, -0.2) is 60.5 Å². The summed E-state index contributed by atoms with van der Waals surface area (Å²) in [5, 5.41) is 8.39. The SMILES string of the molecule is CCCOCCCCC(F)(F)C(F)(F)C(F)(F)C(F)(F)C(F)(F)C(F)(F)CCCCO. The smallest absolute Gasteiger partial charge is 0.384 e. The fraction of sp³-hybridized carbons (Fsp3) is 1.00. The van der Waals surface area contributed by atoms with Gasteiger partial charge in [-0.3, -0.25) is 0 Å². The number of alkyl halides is 12. The molecule has 0 spiro atoms. The van der Waals surface area contributed by atoms with Gasteiger partial charge in [0.1, 0.15) is 0 Å². The van der Waals surface area contributed by atoms with Crippen LogP contribution in [0.1, 0.15) is 51.9 Å².